The van der Waals surface area contributed by atoms with Gasteiger partial charge in [-0.15, -0.1) is 0 Å². The fraction of sp³-hybridized carbons (Fsp3) is 0.591. The van der Waals surface area contributed by atoms with E-state index in [9.17, 15) is 24.0 Å². The summed E-state index contributed by atoms with van der Waals surface area (Å²) in [7, 11) is 0. The lowest BCUT2D eigenvalue weighted by molar-refractivity contribution is -0.148. The number of Topliss-reactive ketones (excluding diaryl/α,β-unsaturated/α-hetero) is 1. The third-order valence-corrected chi connectivity index (χ3v) is 10.6. The summed E-state index contributed by atoms with van der Waals surface area (Å²) in [6.07, 6.45) is 4.07. The van der Waals surface area contributed by atoms with E-state index in [1.54, 1.807) is 9.80 Å². The first-order chi connectivity index (χ1) is 26.8. The van der Waals surface area contributed by atoms with Gasteiger partial charge in [0.25, 0.3) is 0 Å². The molecule has 57 heavy (non-hydrogen) atoms. The van der Waals surface area contributed by atoms with Gasteiger partial charge in [-0.05, 0) is 76.0 Å². The predicted molar refractivity (Wildman–Crippen MR) is 226 cm³/mol. The van der Waals surface area contributed by atoms with Gasteiger partial charge in [0.2, 0.25) is 23.6 Å². The van der Waals surface area contributed by atoms with Crippen LogP contribution in [0.25, 0.3) is 0 Å². The summed E-state index contributed by atoms with van der Waals surface area (Å²) in [5.74, 6) is -1.06. The van der Waals surface area contributed by atoms with Gasteiger partial charge < -0.3 is 31.1 Å². The SMILES string of the molecule is C.CC(C)CN1CC(=O)N(CCCCN=C(N)N)CC(=O)N(C(C)C)CC(=O)N2CCCC2C(=O)CCCCN(CC(c2ccccc2)c2ccccc2)CC1=O. The number of fused-ring (bicyclic) bond motifs is 1. The lowest BCUT2D eigenvalue weighted by Gasteiger charge is -2.34. The van der Waals surface area contributed by atoms with Crippen LogP contribution in [-0.4, -0.2) is 137 Å². The summed E-state index contributed by atoms with van der Waals surface area (Å²) in [6, 6.07) is 19.7. The number of rotatable bonds is 12. The average molecular weight is 789 g/mol. The highest BCUT2D eigenvalue weighted by Crippen LogP contribution is 2.27. The predicted octanol–water partition coefficient (Wildman–Crippen LogP) is 4.10. The van der Waals surface area contributed by atoms with Crippen LogP contribution in [0.3, 0.4) is 0 Å². The molecule has 2 aliphatic rings. The Bertz CT molecular complexity index is 1580. The molecule has 4 rings (SSSR count). The van der Waals surface area contributed by atoms with Crippen molar-refractivity contribution in [3.8, 4) is 0 Å². The summed E-state index contributed by atoms with van der Waals surface area (Å²) < 4.78 is 0. The molecule has 1 atom stereocenters. The Labute approximate surface area is 340 Å². The van der Waals surface area contributed by atoms with Crippen LogP contribution < -0.4 is 11.5 Å². The number of amides is 4. The molecule has 314 valence electrons. The third kappa shape index (κ3) is 14.6. The fourth-order valence-corrected chi connectivity index (χ4v) is 7.68. The number of ketones is 1. The van der Waals surface area contributed by atoms with Crippen LogP contribution in [0.5, 0.6) is 0 Å². The van der Waals surface area contributed by atoms with Crippen molar-refractivity contribution in [2.75, 3.05) is 65.4 Å². The minimum atomic E-state index is -0.514. The number of guanidine groups is 1. The topological polar surface area (TPSA) is 166 Å². The van der Waals surface area contributed by atoms with Gasteiger partial charge in [-0.1, -0.05) is 81.9 Å². The molecule has 0 radical (unpaired) electrons. The Morgan fingerprint density at radius 2 is 1.32 bits per heavy atom. The highest BCUT2D eigenvalue weighted by Gasteiger charge is 2.36. The van der Waals surface area contributed by atoms with Crippen molar-refractivity contribution in [3.63, 3.8) is 0 Å². The van der Waals surface area contributed by atoms with E-state index >= 15 is 0 Å². The van der Waals surface area contributed by atoms with Crippen molar-refractivity contribution in [2.45, 2.75) is 98.1 Å². The minimum Gasteiger partial charge on any atom is -0.370 e. The zero-order valence-corrected chi connectivity index (χ0v) is 34.0. The molecule has 2 aromatic rings. The molecule has 0 saturated carbocycles. The van der Waals surface area contributed by atoms with Gasteiger partial charge >= 0.3 is 0 Å². The maximum atomic E-state index is 14.4. The molecule has 2 saturated heterocycles. The van der Waals surface area contributed by atoms with E-state index in [1.807, 2.05) is 64.1 Å². The van der Waals surface area contributed by atoms with Crippen LogP contribution in [0.1, 0.15) is 97.1 Å². The summed E-state index contributed by atoms with van der Waals surface area (Å²) in [5, 5.41) is 0. The van der Waals surface area contributed by atoms with Gasteiger partial charge in [0, 0.05) is 51.1 Å². The van der Waals surface area contributed by atoms with Gasteiger partial charge in [-0.25, -0.2) is 0 Å². The molecular weight excluding hydrogens is 721 g/mol. The zero-order valence-electron chi connectivity index (χ0n) is 34.0. The Morgan fingerprint density at radius 3 is 1.91 bits per heavy atom. The number of unbranched alkanes of at least 4 members (excludes halogenated alkanes) is 1. The van der Waals surface area contributed by atoms with Crippen molar-refractivity contribution in [1.82, 2.24) is 24.5 Å². The highest BCUT2D eigenvalue weighted by molar-refractivity contribution is 5.93. The van der Waals surface area contributed by atoms with Crippen LogP contribution in [0.2, 0.25) is 0 Å². The molecule has 0 spiro atoms. The molecule has 1 unspecified atom stereocenters. The standard InChI is InChI=1S/C43H64N8O5.CH4/c1-32(2)26-49-29-40(54)48(24-14-12-22-46-43(44)45)30-41(55)51(33(3)4)31-42(56)50-25-15-20-37(50)38(52)21-11-13-23-47(28-39(49)53)27-36(34-16-7-5-8-17-34)35-18-9-6-10-19-35;/h5-10,16-19,32-33,36-37H,11-15,20-31H2,1-4H3,(H4,44,45,46);1H4. The van der Waals surface area contributed by atoms with Crippen molar-refractivity contribution >= 4 is 35.4 Å². The van der Waals surface area contributed by atoms with Gasteiger partial charge in [0.1, 0.15) is 6.54 Å². The van der Waals surface area contributed by atoms with Crippen molar-refractivity contribution in [2.24, 2.45) is 22.4 Å². The molecule has 4 N–H and O–H groups in total. The number of carbonyl (C=O) groups is 5. The molecule has 0 aromatic heterocycles. The molecule has 2 heterocycles. The molecule has 13 nitrogen and oxygen atoms in total. The summed E-state index contributed by atoms with van der Waals surface area (Å²) in [5.41, 5.74) is 13.3. The first-order valence-electron chi connectivity index (χ1n) is 20.4. The number of carbonyl (C=O) groups excluding carboxylic acids is 5. The molecular formula is C44H68N8O5. The number of hydrogen-bond donors (Lipinski definition) is 2. The summed E-state index contributed by atoms with van der Waals surface area (Å²) in [6.45, 7) is 9.77. The Morgan fingerprint density at radius 1 is 0.702 bits per heavy atom. The molecule has 2 fully saturated rings. The zero-order chi connectivity index (χ0) is 40.6. The fourth-order valence-electron chi connectivity index (χ4n) is 7.68. The van der Waals surface area contributed by atoms with Gasteiger partial charge in [0.15, 0.2) is 11.7 Å². The van der Waals surface area contributed by atoms with Crippen molar-refractivity contribution < 1.29 is 24.0 Å². The van der Waals surface area contributed by atoms with E-state index in [0.29, 0.717) is 71.2 Å². The number of aliphatic imine (C=N–C) groups is 1. The second-order valence-electron chi connectivity index (χ2n) is 15.9. The average Bonchev–Trinajstić information content (AvgIpc) is 3.67. The van der Waals surface area contributed by atoms with Crippen LogP contribution in [0.15, 0.2) is 65.7 Å². The maximum Gasteiger partial charge on any atom is 0.242 e. The van der Waals surface area contributed by atoms with E-state index in [-0.39, 0.29) is 93.4 Å². The highest BCUT2D eigenvalue weighted by atomic mass is 16.2. The van der Waals surface area contributed by atoms with Gasteiger partial charge in [-0.2, -0.15) is 0 Å². The summed E-state index contributed by atoms with van der Waals surface area (Å²) in [4.78, 5) is 82.4. The lowest BCUT2D eigenvalue weighted by Crippen LogP contribution is -2.53. The largest absolute Gasteiger partial charge is 0.370 e. The molecule has 2 aromatic carbocycles. The first kappa shape index (κ1) is 46.6. The lowest BCUT2D eigenvalue weighted by atomic mass is 9.90. The molecule has 4 amide bonds. The monoisotopic (exact) mass is 789 g/mol. The number of nitrogens with zero attached hydrogens (tertiary/aromatic N) is 6. The van der Waals surface area contributed by atoms with E-state index in [1.165, 1.54) is 9.80 Å². The van der Waals surface area contributed by atoms with Crippen LogP contribution in [-0.2, 0) is 24.0 Å². The van der Waals surface area contributed by atoms with E-state index < -0.39 is 6.04 Å². The van der Waals surface area contributed by atoms with Gasteiger partial charge in [0.05, 0.1) is 25.7 Å². The number of nitrogens with two attached hydrogens (primary N) is 2. The second-order valence-corrected chi connectivity index (χ2v) is 15.9. The van der Waals surface area contributed by atoms with E-state index in [0.717, 1.165) is 17.5 Å². The summed E-state index contributed by atoms with van der Waals surface area (Å²) >= 11 is 0. The van der Waals surface area contributed by atoms with Gasteiger partial charge in [-0.3, -0.25) is 33.9 Å². The second kappa shape index (κ2) is 23.5. The van der Waals surface area contributed by atoms with Crippen LogP contribution in [0, 0.1) is 5.92 Å². The van der Waals surface area contributed by atoms with E-state index in [2.05, 4.69) is 34.2 Å². The minimum absolute atomic E-state index is 0. The molecule has 2 aliphatic heterocycles. The maximum absolute atomic E-state index is 14.4. The Balaban J connectivity index is 0.00000870. The molecule has 0 bridgehead atoms. The quantitative estimate of drug-likeness (QED) is 0.184. The Hall–Kier alpha value is -4.78. The normalized spacial score (nSPS) is 18.8. The first-order valence-corrected chi connectivity index (χ1v) is 20.4. The van der Waals surface area contributed by atoms with E-state index in [4.69, 9.17) is 11.5 Å². The third-order valence-electron chi connectivity index (χ3n) is 10.6. The van der Waals surface area contributed by atoms with Crippen molar-refractivity contribution in [1.29, 1.82) is 0 Å². The molecule has 13 heteroatoms. The number of benzene rings is 2. The van der Waals surface area contributed by atoms with Crippen molar-refractivity contribution in [3.05, 3.63) is 71.8 Å². The van der Waals surface area contributed by atoms with Crippen LogP contribution in [0.4, 0.5) is 0 Å². The Kier molecular flexibility index (Phi) is 19.2. The van der Waals surface area contributed by atoms with Crippen LogP contribution >= 0.6 is 0 Å². The number of hydrogen-bond acceptors (Lipinski definition) is 7. The smallest absolute Gasteiger partial charge is 0.242 e. The molecule has 0 aliphatic carbocycles.